The fourth-order valence-corrected chi connectivity index (χ4v) is 2.72. The van der Waals surface area contributed by atoms with Gasteiger partial charge in [-0.25, -0.2) is 9.59 Å². The summed E-state index contributed by atoms with van der Waals surface area (Å²) in [4.78, 5) is 28.1. The molecule has 0 spiro atoms. The van der Waals surface area contributed by atoms with Gasteiger partial charge in [0.15, 0.2) is 0 Å². The first-order valence-electron chi connectivity index (χ1n) is 7.30. The van der Waals surface area contributed by atoms with E-state index in [1.165, 1.54) is 12.0 Å². The van der Waals surface area contributed by atoms with Crippen molar-refractivity contribution < 1.29 is 14.3 Å². The lowest BCUT2D eigenvalue weighted by Crippen LogP contribution is -2.49. The summed E-state index contributed by atoms with van der Waals surface area (Å²) in [6, 6.07) is 8.79. The molecule has 23 heavy (non-hydrogen) atoms. The van der Waals surface area contributed by atoms with E-state index >= 15 is 0 Å². The molecule has 0 N–H and O–H groups in total. The van der Waals surface area contributed by atoms with E-state index in [2.05, 4.69) is 11.8 Å². The Morgan fingerprint density at radius 2 is 1.96 bits per heavy atom. The van der Waals surface area contributed by atoms with E-state index in [9.17, 15) is 9.59 Å². The number of hydrogen-bond acceptors (Lipinski definition) is 3. The van der Waals surface area contributed by atoms with Gasteiger partial charge in [0, 0.05) is 12.7 Å². The lowest BCUT2D eigenvalue weighted by molar-refractivity contribution is -0.137. The van der Waals surface area contributed by atoms with Gasteiger partial charge >= 0.3 is 12.0 Å². The first kappa shape index (κ1) is 16.6. The van der Waals surface area contributed by atoms with Crippen LogP contribution in [0.15, 0.2) is 41.6 Å². The van der Waals surface area contributed by atoms with Gasteiger partial charge in [-0.1, -0.05) is 36.3 Å². The SMILES string of the molecule is CC#CCN1C(=O)N(C)C(c2ccccc2)C(C(=O)OC)=C1C. The number of carbonyl (C=O) groups excluding carboxylic acids is 2. The van der Waals surface area contributed by atoms with Crippen molar-refractivity contribution in [3.63, 3.8) is 0 Å². The number of ether oxygens (including phenoxy) is 1. The molecule has 0 aliphatic carbocycles. The first-order valence-corrected chi connectivity index (χ1v) is 7.30. The molecule has 1 aliphatic rings. The second-order valence-electron chi connectivity index (χ2n) is 5.21. The third kappa shape index (κ3) is 3.07. The summed E-state index contributed by atoms with van der Waals surface area (Å²) in [5, 5.41) is 0. The summed E-state index contributed by atoms with van der Waals surface area (Å²) in [5.41, 5.74) is 1.90. The molecule has 120 valence electrons. The maximum absolute atomic E-state index is 12.7. The Bertz CT molecular complexity index is 698. The van der Waals surface area contributed by atoms with E-state index in [-0.39, 0.29) is 12.6 Å². The Morgan fingerprint density at radius 3 is 2.52 bits per heavy atom. The number of methoxy groups -OCH3 is 1. The van der Waals surface area contributed by atoms with Crippen molar-refractivity contribution in [1.82, 2.24) is 9.80 Å². The Labute approximate surface area is 136 Å². The molecular formula is C18H20N2O3. The topological polar surface area (TPSA) is 49.9 Å². The predicted molar refractivity (Wildman–Crippen MR) is 87.2 cm³/mol. The van der Waals surface area contributed by atoms with Gasteiger partial charge in [-0.3, -0.25) is 4.90 Å². The van der Waals surface area contributed by atoms with Crippen LogP contribution in [0.25, 0.3) is 0 Å². The van der Waals surface area contributed by atoms with Crippen LogP contribution in [0.3, 0.4) is 0 Å². The average Bonchev–Trinajstić information content (AvgIpc) is 2.58. The van der Waals surface area contributed by atoms with Crippen LogP contribution in [0.4, 0.5) is 4.79 Å². The van der Waals surface area contributed by atoms with Crippen LogP contribution in [-0.4, -0.2) is 42.5 Å². The number of nitrogens with zero attached hydrogens (tertiary/aromatic N) is 2. The van der Waals surface area contributed by atoms with Crippen LogP contribution < -0.4 is 0 Å². The van der Waals surface area contributed by atoms with E-state index in [1.807, 2.05) is 30.3 Å². The largest absolute Gasteiger partial charge is 0.466 e. The molecule has 5 nitrogen and oxygen atoms in total. The monoisotopic (exact) mass is 312 g/mol. The van der Waals surface area contributed by atoms with Crippen molar-refractivity contribution in [2.45, 2.75) is 19.9 Å². The van der Waals surface area contributed by atoms with Crippen molar-refractivity contribution in [2.24, 2.45) is 0 Å². The number of urea groups is 1. The Balaban J connectivity index is 2.60. The number of likely N-dealkylation sites (N-methyl/N-ethyl adjacent to an activating group) is 1. The van der Waals surface area contributed by atoms with Gasteiger partial charge in [-0.2, -0.15) is 0 Å². The minimum absolute atomic E-state index is 0.188. The van der Waals surface area contributed by atoms with Gasteiger partial charge in [0.05, 0.1) is 25.3 Å². The fraction of sp³-hybridized carbons (Fsp3) is 0.333. The summed E-state index contributed by atoms with van der Waals surface area (Å²) in [5.74, 6) is 5.20. The van der Waals surface area contributed by atoms with Crippen molar-refractivity contribution in [3.05, 3.63) is 47.2 Å². The molecular weight excluding hydrogens is 292 g/mol. The van der Waals surface area contributed by atoms with Gasteiger partial charge in [0.2, 0.25) is 0 Å². The second-order valence-corrected chi connectivity index (χ2v) is 5.21. The highest BCUT2D eigenvalue weighted by atomic mass is 16.5. The van der Waals surface area contributed by atoms with Crippen LogP contribution in [-0.2, 0) is 9.53 Å². The van der Waals surface area contributed by atoms with Gasteiger partial charge < -0.3 is 9.64 Å². The second kappa shape index (κ2) is 7.01. The van der Waals surface area contributed by atoms with Crippen molar-refractivity contribution in [2.75, 3.05) is 20.7 Å². The molecule has 0 bridgehead atoms. The summed E-state index contributed by atoms with van der Waals surface area (Å²) < 4.78 is 4.95. The number of rotatable bonds is 3. The number of hydrogen-bond donors (Lipinski definition) is 0. The van der Waals surface area contributed by atoms with E-state index < -0.39 is 12.0 Å². The van der Waals surface area contributed by atoms with E-state index in [4.69, 9.17) is 4.74 Å². The first-order chi connectivity index (χ1) is 11.0. The molecule has 2 rings (SSSR count). The zero-order valence-electron chi connectivity index (χ0n) is 13.8. The molecule has 1 aromatic carbocycles. The molecule has 5 heteroatoms. The van der Waals surface area contributed by atoms with Crippen molar-refractivity contribution in [3.8, 4) is 11.8 Å². The highest BCUT2D eigenvalue weighted by molar-refractivity contribution is 5.95. The third-order valence-electron chi connectivity index (χ3n) is 3.92. The van der Waals surface area contributed by atoms with Crippen LogP contribution in [0, 0.1) is 11.8 Å². The zero-order chi connectivity index (χ0) is 17.0. The van der Waals surface area contributed by atoms with Gasteiger partial charge in [-0.15, -0.1) is 5.92 Å². The van der Waals surface area contributed by atoms with Crippen LogP contribution in [0.5, 0.6) is 0 Å². The minimum Gasteiger partial charge on any atom is -0.466 e. The van der Waals surface area contributed by atoms with Gasteiger partial charge in [-0.05, 0) is 19.4 Å². The molecule has 1 heterocycles. The van der Waals surface area contributed by atoms with Crippen LogP contribution in [0.2, 0.25) is 0 Å². The van der Waals surface area contributed by atoms with Crippen LogP contribution >= 0.6 is 0 Å². The van der Waals surface area contributed by atoms with Crippen molar-refractivity contribution >= 4 is 12.0 Å². The zero-order valence-corrected chi connectivity index (χ0v) is 13.8. The highest BCUT2D eigenvalue weighted by Crippen LogP contribution is 2.36. The molecule has 0 saturated carbocycles. The lowest BCUT2D eigenvalue weighted by Gasteiger charge is -2.40. The van der Waals surface area contributed by atoms with E-state index in [1.54, 1.807) is 25.8 Å². The summed E-state index contributed by atoms with van der Waals surface area (Å²) >= 11 is 0. The molecule has 1 aliphatic heterocycles. The molecule has 1 aromatic rings. The molecule has 2 amide bonds. The number of benzene rings is 1. The van der Waals surface area contributed by atoms with Gasteiger partial charge in [0.1, 0.15) is 0 Å². The minimum atomic E-state index is -0.470. The molecule has 1 unspecified atom stereocenters. The molecule has 0 aromatic heterocycles. The highest BCUT2D eigenvalue weighted by Gasteiger charge is 2.39. The fourth-order valence-electron chi connectivity index (χ4n) is 2.72. The third-order valence-corrected chi connectivity index (χ3v) is 3.92. The molecule has 0 fully saturated rings. The van der Waals surface area contributed by atoms with Crippen LogP contribution in [0.1, 0.15) is 25.5 Å². The number of amides is 2. The van der Waals surface area contributed by atoms with E-state index in [0.717, 1.165) is 5.56 Å². The smallest absolute Gasteiger partial charge is 0.337 e. The normalized spacial score (nSPS) is 17.7. The number of allylic oxidation sites excluding steroid dienone is 1. The molecule has 1 atom stereocenters. The average molecular weight is 312 g/mol. The quantitative estimate of drug-likeness (QED) is 0.637. The summed E-state index contributed by atoms with van der Waals surface area (Å²) in [6.07, 6.45) is 0. The Morgan fingerprint density at radius 1 is 1.30 bits per heavy atom. The van der Waals surface area contributed by atoms with Crippen molar-refractivity contribution in [1.29, 1.82) is 0 Å². The molecule has 0 radical (unpaired) electrons. The summed E-state index contributed by atoms with van der Waals surface area (Å²) in [7, 11) is 3.03. The number of carbonyl (C=O) groups is 2. The maximum atomic E-state index is 12.7. The van der Waals surface area contributed by atoms with Gasteiger partial charge in [0.25, 0.3) is 0 Å². The standard InChI is InChI=1S/C18H20N2O3/c1-5-6-12-20-13(2)15(17(21)23-4)16(19(3)18(20)22)14-10-8-7-9-11-14/h7-11,16H,12H2,1-4H3. The molecule has 0 saturated heterocycles. The van der Waals surface area contributed by atoms with E-state index in [0.29, 0.717) is 11.3 Å². The Kier molecular flexibility index (Phi) is 5.07. The lowest BCUT2D eigenvalue weighted by atomic mass is 9.93. The number of esters is 1. The predicted octanol–water partition coefficient (Wildman–Crippen LogP) is 2.57. The Hall–Kier alpha value is -2.74. The maximum Gasteiger partial charge on any atom is 0.337 e. The summed E-state index contributed by atoms with van der Waals surface area (Å²) in [6.45, 7) is 3.71.